The molecule has 0 amide bonds. The second kappa shape index (κ2) is 7.08. The Hall–Kier alpha value is -4.01. The van der Waals surface area contributed by atoms with Crippen molar-refractivity contribution in [3.05, 3.63) is 60.4 Å². The van der Waals surface area contributed by atoms with Gasteiger partial charge in [0.25, 0.3) is 0 Å². The number of nitrogen functional groups attached to an aromatic ring is 2. The molecule has 5 N–H and O–H groups in total. The highest BCUT2D eigenvalue weighted by Gasteiger charge is 2.10. The van der Waals surface area contributed by atoms with Gasteiger partial charge < -0.3 is 21.2 Å². The van der Waals surface area contributed by atoms with Crippen LogP contribution in [0.3, 0.4) is 0 Å². The lowest BCUT2D eigenvalue weighted by molar-refractivity contribution is 0.297. The van der Waals surface area contributed by atoms with E-state index in [1.807, 2.05) is 24.3 Å². The average molecular weight is 360 g/mol. The maximum atomic E-state index is 5.79. The minimum absolute atomic E-state index is 0.107. The van der Waals surface area contributed by atoms with Crippen molar-refractivity contribution in [1.82, 2.24) is 19.9 Å². The van der Waals surface area contributed by atoms with Crippen molar-refractivity contribution in [2.45, 2.75) is 6.61 Å². The Balaban J connectivity index is 1.49. The third kappa shape index (κ3) is 3.82. The van der Waals surface area contributed by atoms with E-state index in [9.17, 15) is 0 Å². The molecule has 0 aliphatic carbocycles. The molecular formula is C18H16N8O. The second-order valence-electron chi connectivity index (χ2n) is 5.74. The van der Waals surface area contributed by atoms with Gasteiger partial charge in [-0.05, 0) is 42.0 Å². The minimum Gasteiger partial charge on any atom is -0.471 e. The van der Waals surface area contributed by atoms with Crippen LogP contribution in [0.25, 0.3) is 11.2 Å². The summed E-state index contributed by atoms with van der Waals surface area (Å²) >= 11 is 0. The molecule has 0 atom stereocenters. The maximum Gasteiger partial charge on any atom is 0.245 e. The zero-order valence-corrected chi connectivity index (χ0v) is 14.2. The van der Waals surface area contributed by atoms with E-state index in [-0.39, 0.29) is 12.6 Å². The Bertz CT molecular complexity index is 1100. The number of fused-ring (bicyclic) bond motifs is 1. The second-order valence-corrected chi connectivity index (χ2v) is 5.74. The maximum absolute atomic E-state index is 5.79. The molecular weight excluding hydrogens is 344 g/mol. The number of hydrogen-bond acceptors (Lipinski definition) is 8. The Morgan fingerprint density at radius 1 is 0.963 bits per heavy atom. The van der Waals surface area contributed by atoms with Crippen molar-refractivity contribution in [3.63, 3.8) is 0 Å². The van der Waals surface area contributed by atoms with Gasteiger partial charge in [0.1, 0.15) is 12.1 Å². The Labute approximate surface area is 154 Å². The zero-order chi connectivity index (χ0) is 18.6. The zero-order valence-electron chi connectivity index (χ0n) is 14.2. The fourth-order valence-electron chi connectivity index (χ4n) is 2.44. The number of anilines is 2. The molecule has 0 unspecified atom stereocenters. The number of imidazole rings is 1. The van der Waals surface area contributed by atoms with Crippen LogP contribution in [0.5, 0.6) is 5.88 Å². The summed E-state index contributed by atoms with van der Waals surface area (Å²) in [6.07, 6.45) is 1.52. The van der Waals surface area contributed by atoms with Crippen molar-refractivity contribution in [2.75, 3.05) is 11.5 Å². The Morgan fingerprint density at radius 2 is 1.78 bits per heavy atom. The molecule has 4 rings (SSSR count). The Morgan fingerprint density at radius 3 is 2.63 bits per heavy atom. The molecule has 0 radical (unpaired) electrons. The molecule has 9 heteroatoms. The normalized spacial score (nSPS) is 11.3. The number of hydrogen-bond donors (Lipinski definition) is 3. The lowest BCUT2D eigenvalue weighted by Crippen LogP contribution is -2.02. The molecule has 0 saturated heterocycles. The topological polar surface area (TPSA) is 140 Å². The quantitative estimate of drug-likeness (QED) is 0.367. The van der Waals surface area contributed by atoms with Gasteiger partial charge in [-0.2, -0.15) is 20.2 Å². The lowest BCUT2D eigenvalue weighted by atomic mass is 10.2. The smallest absolute Gasteiger partial charge is 0.245 e. The van der Waals surface area contributed by atoms with Crippen LogP contribution in [0, 0.1) is 0 Å². The summed E-state index contributed by atoms with van der Waals surface area (Å²) in [6.45, 7) is 0.288. The number of aromatic nitrogens is 4. The third-order valence-corrected chi connectivity index (χ3v) is 3.73. The molecule has 0 bridgehead atoms. The molecule has 0 aliphatic rings. The number of rotatable bonds is 5. The van der Waals surface area contributed by atoms with E-state index in [0.29, 0.717) is 28.4 Å². The van der Waals surface area contributed by atoms with Crippen molar-refractivity contribution in [2.24, 2.45) is 10.2 Å². The molecule has 0 aliphatic heterocycles. The number of nitrogens with one attached hydrogen (secondary N) is 1. The van der Waals surface area contributed by atoms with Gasteiger partial charge in [0, 0.05) is 5.69 Å². The van der Waals surface area contributed by atoms with Crippen LogP contribution >= 0.6 is 0 Å². The highest BCUT2D eigenvalue weighted by molar-refractivity contribution is 5.76. The molecule has 0 saturated carbocycles. The monoisotopic (exact) mass is 360 g/mol. The molecule has 0 spiro atoms. The SMILES string of the molecule is Nc1ccc(N=Nc2cccc(COc3nc(N)nc4nc[nH]c34)c2)cc1. The first kappa shape index (κ1) is 16.5. The number of H-pyrrole nitrogens is 1. The van der Waals surface area contributed by atoms with Crippen molar-refractivity contribution < 1.29 is 4.74 Å². The lowest BCUT2D eigenvalue weighted by Gasteiger charge is -2.07. The predicted molar refractivity (Wildman–Crippen MR) is 102 cm³/mol. The van der Waals surface area contributed by atoms with E-state index in [1.54, 1.807) is 24.3 Å². The molecule has 2 aromatic carbocycles. The number of nitrogens with two attached hydrogens (primary N) is 2. The van der Waals surface area contributed by atoms with E-state index in [1.165, 1.54) is 6.33 Å². The van der Waals surface area contributed by atoms with Crippen molar-refractivity contribution in [3.8, 4) is 5.88 Å². The fraction of sp³-hybridized carbons (Fsp3) is 0.0556. The van der Waals surface area contributed by atoms with Crippen LogP contribution in [0.1, 0.15) is 5.56 Å². The van der Waals surface area contributed by atoms with Crippen LogP contribution in [0.2, 0.25) is 0 Å². The van der Waals surface area contributed by atoms with Crippen LogP contribution in [-0.4, -0.2) is 19.9 Å². The molecule has 2 aromatic heterocycles. The fourth-order valence-corrected chi connectivity index (χ4v) is 2.44. The van der Waals surface area contributed by atoms with Gasteiger partial charge in [-0.25, -0.2) is 4.98 Å². The molecule has 27 heavy (non-hydrogen) atoms. The first-order chi connectivity index (χ1) is 13.2. The van der Waals surface area contributed by atoms with E-state index < -0.39 is 0 Å². The molecule has 2 heterocycles. The Kier molecular flexibility index (Phi) is 4.32. The van der Waals surface area contributed by atoms with Crippen molar-refractivity contribution >= 4 is 34.2 Å². The first-order valence-corrected chi connectivity index (χ1v) is 8.13. The standard InChI is InChI=1S/C18H16N8O/c19-12-4-6-13(7-5-12)25-26-14-3-1-2-11(8-14)9-27-17-15-16(22-10-21-15)23-18(20)24-17/h1-8,10H,9,19H2,(H3,20,21,22,23,24). The predicted octanol–water partition coefficient (Wildman–Crippen LogP) is 3.51. The number of benzene rings is 2. The summed E-state index contributed by atoms with van der Waals surface area (Å²) in [7, 11) is 0. The van der Waals surface area contributed by atoms with E-state index >= 15 is 0 Å². The average Bonchev–Trinajstić information content (AvgIpc) is 3.14. The van der Waals surface area contributed by atoms with Gasteiger partial charge in [0.15, 0.2) is 5.65 Å². The van der Waals surface area contributed by atoms with Crippen LogP contribution in [0.4, 0.5) is 23.0 Å². The summed E-state index contributed by atoms with van der Waals surface area (Å²) in [5.41, 5.74) is 15.4. The van der Waals surface area contributed by atoms with Crippen LogP contribution in [-0.2, 0) is 6.61 Å². The van der Waals surface area contributed by atoms with E-state index in [2.05, 4.69) is 30.2 Å². The van der Waals surface area contributed by atoms with Gasteiger partial charge in [-0.1, -0.05) is 12.1 Å². The third-order valence-electron chi connectivity index (χ3n) is 3.73. The summed E-state index contributed by atoms with van der Waals surface area (Å²) in [6, 6.07) is 14.7. The van der Waals surface area contributed by atoms with E-state index in [0.717, 1.165) is 11.3 Å². The molecule has 9 nitrogen and oxygen atoms in total. The van der Waals surface area contributed by atoms with Gasteiger partial charge in [0.2, 0.25) is 11.8 Å². The minimum atomic E-state index is 0.107. The van der Waals surface area contributed by atoms with Crippen molar-refractivity contribution in [1.29, 1.82) is 0 Å². The van der Waals surface area contributed by atoms with Crippen LogP contribution < -0.4 is 16.2 Å². The summed E-state index contributed by atoms with van der Waals surface area (Å²) < 4.78 is 5.79. The van der Waals surface area contributed by atoms with Gasteiger partial charge >= 0.3 is 0 Å². The van der Waals surface area contributed by atoms with Gasteiger partial charge in [0.05, 0.1) is 17.7 Å². The summed E-state index contributed by atoms with van der Waals surface area (Å²) in [5, 5.41) is 8.45. The largest absolute Gasteiger partial charge is 0.471 e. The summed E-state index contributed by atoms with van der Waals surface area (Å²) in [5.74, 6) is 0.458. The number of azo groups is 1. The highest BCUT2D eigenvalue weighted by Crippen LogP contribution is 2.23. The number of ether oxygens (including phenoxy) is 1. The molecule has 0 fully saturated rings. The molecule has 4 aromatic rings. The van der Waals surface area contributed by atoms with Crippen LogP contribution in [0.15, 0.2) is 65.1 Å². The summed E-state index contributed by atoms with van der Waals surface area (Å²) in [4.78, 5) is 15.2. The highest BCUT2D eigenvalue weighted by atomic mass is 16.5. The van der Waals surface area contributed by atoms with Gasteiger partial charge in [-0.3, -0.25) is 0 Å². The number of nitrogens with zero attached hydrogens (tertiary/aromatic N) is 5. The van der Waals surface area contributed by atoms with Gasteiger partial charge in [-0.15, -0.1) is 0 Å². The molecule has 134 valence electrons. The number of aromatic amines is 1. The first-order valence-electron chi connectivity index (χ1n) is 8.13. The van der Waals surface area contributed by atoms with E-state index in [4.69, 9.17) is 16.2 Å².